The SMILES string of the molecule is CCCNC(=O)N1CCCN(CC2=C(C(=O)OCC)[C@H](c3cccc(Cl)c3Cl)NC(=O)N2CC)CC1. The van der Waals surface area contributed by atoms with Gasteiger partial charge in [-0.2, -0.15) is 0 Å². The van der Waals surface area contributed by atoms with E-state index in [4.69, 9.17) is 27.9 Å². The molecule has 1 atom stereocenters. The number of carbonyl (C=O) groups excluding carboxylic acids is 3. The molecular formula is C25H35Cl2N5O4. The minimum atomic E-state index is -0.802. The number of likely N-dealkylation sites (N-methyl/N-ethyl adjacent to an activating group) is 1. The quantitative estimate of drug-likeness (QED) is 0.486. The monoisotopic (exact) mass is 539 g/mol. The van der Waals surface area contributed by atoms with E-state index >= 15 is 0 Å². The molecule has 0 aromatic heterocycles. The highest BCUT2D eigenvalue weighted by atomic mass is 35.5. The number of ether oxygens (including phenoxy) is 1. The van der Waals surface area contributed by atoms with Gasteiger partial charge in [0.25, 0.3) is 0 Å². The molecule has 2 heterocycles. The summed E-state index contributed by atoms with van der Waals surface area (Å²) in [6, 6.07) is 3.95. The van der Waals surface area contributed by atoms with Crippen molar-refractivity contribution in [3.8, 4) is 0 Å². The third-order valence-electron chi connectivity index (χ3n) is 6.32. The first-order valence-electron chi connectivity index (χ1n) is 12.5. The Kier molecular flexibility index (Phi) is 10.3. The van der Waals surface area contributed by atoms with Gasteiger partial charge >= 0.3 is 18.0 Å². The number of rotatable bonds is 8. The third kappa shape index (κ3) is 6.44. The van der Waals surface area contributed by atoms with Crippen LogP contribution in [0.1, 0.15) is 45.2 Å². The summed E-state index contributed by atoms with van der Waals surface area (Å²) < 4.78 is 5.43. The molecule has 0 spiro atoms. The van der Waals surface area contributed by atoms with Crippen LogP contribution >= 0.6 is 23.2 Å². The average molecular weight is 540 g/mol. The molecule has 2 aliphatic heterocycles. The molecule has 1 aromatic carbocycles. The number of nitrogens with zero attached hydrogens (tertiary/aromatic N) is 3. The fourth-order valence-electron chi connectivity index (χ4n) is 4.52. The van der Waals surface area contributed by atoms with Gasteiger partial charge < -0.3 is 20.3 Å². The standard InChI is InChI=1S/C25H35Cl2N5O4/c1-4-11-28-24(34)31-13-8-12-30(14-15-31)16-19-20(23(33)36-6-3)22(29-25(35)32(19)5-2)17-9-7-10-18(26)21(17)27/h7,9-10,22H,4-6,8,11-16H2,1-3H3,(H,28,34)(H,29,35)/t22-/m0/s1. The molecule has 198 valence electrons. The molecule has 36 heavy (non-hydrogen) atoms. The van der Waals surface area contributed by atoms with Gasteiger partial charge in [0, 0.05) is 51.5 Å². The summed E-state index contributed by atoms with van der Waals surface area (Å²) in [5, 5.41) is 6.46. The number of esters is 1. The van der Waals surface area contributed by atoms with Crippen molar-refractivity contribution in [3.05, 3.63) is 45.1 Å². The van der Waals surface area contributed by atoms with Crippen LogP contribution in [0.15, 0.2) is 29.5 Å². The largest absolute Gasteiger partial charge is 0.463 e. The summed E-state index contributed by atoms with van der Waals surface area (Å²) in [7, 11) is 0. The van der Waals surface area contributed by atoms with Crippen LogP contribution in [-0.4, -0.2) is 85.2 Å². The highest BCUT2D eigenvalue weighted by Crippen LogP contribution is 2.37. The van der Waals surface area contributed by atoms with Crippen LogP contribution in [-0.2, 0) is 9.53 Å². The summed E-state index contributed by atoms with van der Waals surface area (Å²) >= 11 is 12.8. The molecule has 4 amide bonds. The molecule has 2 N–H and O–H groups in total. The molecule has 3 rings (SSSR count). The third-order valence-corrected chi connectivity index (χ3v) is 7.15. The summed E-state index contributed by atoms with van der Waals surface area (Å²) in [6.07, 6.45) is 1.66. The van der Waals surface area contributed by atoms with Crippen molar-refractivity contribution in [3.63, 3.8) is 0 Å². The Labute approximate surface area is 222 Å². The first-order valence-corrected chi connectivity index (χ1v) is 13.2. The number of urea groups is 2. The maximum absolute atomic E-state index is 13.3. The zero-order chi connectivity index (χ0) is 26.2. The molecule has 9 nitrogen and oxygen atoms in total. The Morgan fingerprint density at radius 2 is 1.92 bits per heavy atom. The van der Waals surface area contributed by atoms with E-state index in [0.717, 1.165) is 19.4 Å². The van der Waals surface area contributed by atoms with Crippen molar-refractivity contribution in [2.45, 2.75) is 39.7 Å². The van der Waals surface area contributed by atoms with Crippen LogP contribution in [0, 0.1) is 0 Å². The van der Waals surface area contributed by atoms with E-state index in [1.165, 1.54) is 0 Å². The van der Waals surface area contributed by atoms with Gasteiger partial charge in [-0.15, -0.1) is 0 Å². The molecule has 1 aromatic rings. The molecule has 0 aliphatic carbocycles. The van der Waals surface area contributed by atoms with Crippen molar-refractivity contribution < 1.29 is 19.1 Å². The summed E-state index contributed by atoms with van der Waals surface area (Å²) in [4.78, 5) is 44.5. The first kappa shape index (κ1) is 28.1. The van der Waals surface area contributed by atoms with Crippen LogP contribution in [0.3, 0.4) is 0 Å². The number of hydrogen-bond donors (Lipinski definition) is 2. The fourth-order valence-corrected chi connectivity index (χ4v) is 4.94. The molecule has 0 radical (unpaired) electrons. The summed E-state index contributed by atoms with van der Waals surface area (Å²) in [6.45, 7) is 9.72. The van der Waals surface area contributed by atoms with Crippen molar-refractivity contribution in [1.29, 1.82) is 0 Å². The van der Waals surface area contributed by atoms with Gasteiger partial charge in [0.1, 0.15) is 0 Å². The molecule has 2 aliphatic rings. The highest BCUT2D eigenvalue weighted by Gasteiger charge is 2.39. The van der Waals surface area contributed by atoms with E-state index in [-0.39, 0.29) is 23.7 Å². The molecule has 0 saturated carbocycles. The van der Waals surface area contributed by atoms with Crippen molar-refractivity contribution >= 4 is 41.2 Å². The van der Waals surface area contributed by atoms with Gasteiger partial charge in [0.2, 0.25) is 0 Å². The van der Waals surface area contributed by atoms with Gasteiger partial charge in [-0.05, 0) is 38.3 Å². The zero-order valence-electron chi connectivity index (χ0n) is 21.1. The maximum atomic E-state index is 13.3. The van der Waals surface area contributed by atoms with Crippen molar-refractivity contribution in [2.75, 3.05) is 52.4 Å². The summed E-state index contributed by atoms with van der Waals surface area (Å²) in [5.41, 5.74) is 1.44. The van der Waals surface area contributed by atoms with E-state index in [9.17, 15) is 14.4 Å². The second kappa shape index (κ2) is 13.2. The van der Waals surface area contributed by atoms with E-state index in [2.05, 4.69) is 15.5 Å². The minimum absolute atomic E-state index is 0.0620. The van der Waals surface area contributed by atoms with E-state index in [1.807, 2.05) is 18.7 Å². The zero-order valence-corrected chi connectivity index (χ0v) is 22.6. The normalized spacial score (nSPS) is 19.1. The maximum Gasteiger partial charge on any atom is 0.338 e. The van der Waals surface area contributed by atoms with Gasteiger partial charge in [0.05, 0.1) is 28.3 Å². The number of amides is 4. The van der Waals surface area contributed by atoms with Gasteiger partial charge in [-0.3, -0.25) is 9.80 Å². The number of nitrogens with one attached hydrogen (secondary N) is 2. The van der Waals surface area contributed by atoms with Gasteiger partial charge in [0.15, 0.2) is 0 Å². The minimum Gasteiger partial charge on any atom is -0.463 e. The average Bonchev–Trinajstić information content (AvgIpc) is 3.10. The Morgan fingerprint density at radius 3 is 2.61 bits per heavy atom. The second-order valence-corrected chi connectivity index (χ2v) is 9.48. The number of hydrogen-bond acceptors (Lipinski definition) is 5. The van der Waals surface area contributed by atoms with E-state index in [0.29, 0.717) is 61.1 Å². The van der Waals surface area contributed by atoms with Crippen LogP contribution in [0.25, 0.3) is 0 Å². The molecule has 1 fully saturated rings. The predicted octanol–water partition coefficient (Wildman–Crippen LogP) is 4.02. The van der Waals surface area contributed by atoms with Crippen LogP contribution in [0.2, 0.25) is 10.0 Å². The Balaban J connectivity index is 1.96. The first-order chi connectivity index (χ1) is 17.3. The number of halogens is 2. The van der Waals surface area contributed by atoms with Crippen LogP contribution in [0.4, 0.5) is 9.59 Å². The lowest BCUT2D eigenvalue weighted by Crippen LogP contribution is -2.51. The lowest BCUT2D eigenvalue weighted by molar-refractivity contribution is -0.139. The van der Waals surface area contributed by atoms with Crippen molar-refractivity contribution in [2.24, 2.45) is 0 Å². The molecule has 0 bridgehead atoms. The van der Waals surface area contributed by atoms with Gasteiger partial charge in [-0.25, -0.2) is 14.4 Å². The lowest BCUT2D eigenvalue weighted by atomic mass is 9.94. The molecule has 1 saturated heterocycles. The number of carbonyl (C=O) groups is 3. The fraction of sp³-hybridized carbons (Fsp3) is 0.560. The predicted molar refractivity (Wildman–Crippen MR) is 140 cm³/mol. The van der Waals surface area contributed by atoms with Crippen LogP contribution < -0.4 is 10.6 Å². The van der Waals surface area contributed by atoms with Crippen molar-refractivity contribution in [1.82, 2.24) is 25.3 Å². The summed E-state index contributed by atoms with van der Waals surface area (Å²) in [5.74, 6) is -0.512. The van der Waals surface area contributed by atoms with E-state index < -0.39 is 12.0 Å². The smallest absolute Gasteiger partial charge is 0.338 e. The Hall–Kier alpha value is -2.49. The lowest BCUT2D eigenvalue weighted by Gasteiger charge is -2.38. The molecule has 0 unspecified atom stereocenters. The Bertz CT molecular complexity index is 1000. The second-order valence-electron chi connectivity index (χ2n) is 8.70. The molecular weight excluding hydrogens is 505 g/mol. The topological polar surface area (TPSA) is 94.2 Å². The van der Waals surface area contributed by atoms with E-state index in [1.54, 1.807) is 30.0 Å². The van der Waals surface area contributed by atoms with Gasteiger partial charge in [-0.1, -0.05) is 42.3 Å². The molecule has 11 heteroatoms. The van der Waals surface area contributed by atoms with Crippen LogP contribution in [0.5, 0.6) is 0 Å². The Morgan fingerprint density at radius 1 is 1.14 bits per heavy atom. The number of benzene rings is 1. The highest BCUT2D eigenvalue weighted by molar-refractivity contribution is 6.42.